The van der Waals surface area contributed by atoms with Crippen LogP contribution in [0.2, 0.25) is 5.02 Å². The standard InChI is InChI=1S/C13H10ClNO3/c14-11-5-6-12(16)15(8-11)7-9-1-3-10(4-2-9)13(17)18/h1-6,8H,7H2,(H,17,18). The maximum Gasteiger partial charge on any atom is 0.335 e. The zero-order valence-electron chi connectivity index (χ0n) is 9.34. The number of carboxylic acid groups (broad SMARTS) is 1. The third-order valence-electron chi connectivity index (χ3n) is 2.50. The molecule has 18 heavy (non-hydrogen) atoms. The van der Waals surface area contributed by atoms with Gasteiger partial charge in [0.15, 0.2) is 0 Å². The first-order valence-electron chi connectivity index (χ1n) is 5.24. The predicted molar refractivity (Wildman–Crippen MR) is 68.2 cm³/mol. The normalized spacial score (nSPS) is 10.3. The molecule has 5 heteroatoms. The van der Waals surface area contributed by atoms with Crippen LogP contribution in [-0.2, 0) is 6.54 Å². The molecule has 4 nitrogen and oxygen atoms in total. The number of aromatic carboxylic acids is 1. The van der Waals surface area contributed by atoms with E-state index in [0.717, 1.165) is 5.56 Å². The van der Waals surface area contributed by atoms with Crippen molar-refractivity contribution in [2.75, 3.05) is 0 Å². The molecule has 0 atom stereocenters. The molecule has 0 radical (unpaired) electrons. The topological polar surface area (TPSA) is 59.3 Å². The van der Waals surface area contributed by atoms with E-state index in [1.165, 1.54) is 28.8 Å². The number of nitrogens with zero attached hydrogens (tertiary/aromatic N) is 1. The van der Waals surface area contributed by atoms with Crippen LogP contribution in [0.15, 0.2) is 47.4 Å². The quantitative estimate of drug-likeness (QED) is 0.924. The van der Waals surface area contributed by atoms with Crippen molar-refractivity contribution in [1.29, 1.82) is 0 Å². The van der Waals surface area contributed by atoms with Crippen molar-refractivity contribution in [2.45, 2.75) is 6.54 Å². The van der Waals surface area contributed by atoms with Crippen molar-refractivity contribution < 1.29 is 9.90 Å². The summed E-state index contributed by atoms with van der Waals surface area (Å²) in [5.41, 5.74) is 0.906. The van der Waals surface area contributed by atoms with Gasteiger partial charge in [0.25, 0.3) is 5.56 Å². The minimum atomic E-state index is -0.971. The summed E-state index contributed by atoms with van der Waals surface area (Å²) in [5, 5.41) is 9.26. The number of hydrogen-bond donors (Lipinski definition) is 1. The first-order valence-corrected chi connectivity index (χ1v) is 5.62. The van der Waals surface area contributed by atoms with Crippen LogP contribution in [-0.4, -0.2) is 15.6 Å². The van der Waals surface area contributed by atoms with Crippen molar-refractivity contribution in [2.24, 2.45) is 0 Å². The molecule has 0 bridgehead atoms. The zero-order valence-corrected chi connectivity index (χ0v) is 10.1. The van der Waals surface area contributed by atoms with Crippen LogP contribution in [0.3, 0.4) is 0 Å². The van der Waals surface area contributed by atoms with Gasteiger partial charge in [-0.05, 0) is 23.8 Å². The molecular formula is C13H10ClNO3. The predicted octanol–water partition coefficient (Wildman–Crippen LogP) is 2.25. The molecule has 0 saturated carbocycles. The SMILES string of the molecule is O=C(O)c1ccc(Cn2cc(Cl)ccc2=O)cc1. The van der Waals surface area contributed by atoms with Crippen LogP contribution < -0.4 is 5.56 Å². The Kier molecular flexibility index (Phi) is 3.48. The largest absolute Gasteiger partial charge is 0.478 e. The molecule has 0 aliphatic heterocycles. The average Bonchev–Trinajstić information content (AvgIpc) is 2.34. The van der Waals surface area contributed by atoms with Gasteiger partial charge in [0.2, 0.25) is 0 Å². The number of rotatable bonds is 3. The summed E-state index contributed by atoms with van der Waals surface area (Å²) in [4.78, 5) is 22.3. The summed E-state index contributed by atoms with van der Waals surface area (Å²) in [6.45, 7) is 0.360. The number of carbonyl (C=O) groups is 1. The number of carboxylic acids is 1. The fraction of sp³-hybridized carbons (Fsp3) is 0.0769. The van der Waals surface area contributed by atoms with Gasteiger partial charge in [-0.1, -0.05) is 23.7 Å². The molecule has 92 valence electrons. The van der Waals surface area contributed by atoms with Crippen LogP contribution in [0.1, 0.15) is 15.9 Å². The van der Waals surface area contributed by atoms with E-state index >= 15 is 0 Å². The molecule has 1 aromatic carbocycles. The Morgan fingerprint density at radius 1 is 1.17 bits per heavy atom. The molecule has 0 aliphatic carbocycles. The summed E-state index contributed by atoms with van der Waals surface area (Å²) in [7, 11) is 0. The van der Waals surface area contributed by atoms with E-state index in [1.54, 1.807) is 18.3 Å². The van der Waals surface area contributed by atoms with Crippen LogP contribution in [0.5, 0.6) is 0 Å². The lowest BCUT2D eigenvalue weighted by molar-refractivity contribution is 0.0697. The summed E-state index contributed by atoms with van der Waals surface area (Å²) in [6, 6.07) is 9.30. The van der Waals surface area contributed by atoms with E-state index < -0.39 is 5.97 Å². The van der Waals surface area contributed by atoms with Gasteiger partial charge in [-0.15, -0.1) is 0 Å². The zero-order chi connectivity index (χ0) is 13.1. The number of halogens is 1. The highest BCUT2D eigenvalue weighted by Crippen LogP contribution is 2.08. The van der Waals surface area contributed by atoms with Crippen LogP contribution in [0, 0.1) is 0 Å². The first kappa shape index (κ1) is 12.4. The maximum atomic E-state index is 11.6. The van der Waals surface area contributed by atoms with Crippen LogP contribution >= 0.6 is 11.6 Å². The number of benzene rings is 1. The van der Waals surface area contributed by atoms with Crippen molar-refractivity contribution in [3.8, 4) is 0 Å². The van der Waals surface area contributed by atoms with Crippen LogP contribution in [0.25, 0.3) is 0 Å². The highest BCUT2D eigenvalue weighted by atomic mass is 35.5. The highest BCUT2D eigenvalue weighted by molar-refractivity contribution is 6.30. The first-order chi connectivity index (χ1) is 8.56. The van der Waals surface area contributed by atoms with Crippen molar-refractivity contribution in [3.63, 3.8) is 0 Å². The van der Waals surface area contributed by atoms with E-state index in [2.05, 4.69) is 0 Å². The van der Waals surface area contributed by atoms with E-state index in [0.29, 0.717) is 11.6 Å². The van der Waals surface area contributed by atoms with Gasteiger partial charge in [-0.3, -0.25) is 4.79 Å². The Labute approximate surface area is 108 Å². The fourth-order valence-corrected chi connectivity index (χ4v) is 1.76. The van der Waals surface area contributed by atoms with Crippen molar-refractivity contribution in [3.05, 3.63) is 69.1 Å². The Morgan fingerprint density at radius 3 is 2.44 bits per heavy atom. The lowest BCUT2D eigenvalue weighted by Gasteiger charge is -2.06. The number of aromatic nitrogens is 1. The Hall–Kier alpha value is -2.07. The van der Waals surface area contributed by atoms with Crippen LogP contribution in [0.4, 0.5) is 0 Å². The van der Waals surface area contributed by atoms with Gasteiger partial charge in [0, 0.05) is 12.3 Å². The van der Waals surface area contributed by atoms with Gasteiger partial charge >= 0.3 is 5.97 Å². The molecule has 1 N–H and O–H groups in total. The highest BCUT2D eigenvalue weighted by Gasteiger charge is 2.03. The summed E-state index contributed by atoms with van der Waals surface area (Å²) < 4.78 is 1.47. The summed E-state index contributed by atoms with van der Waals surface area (Å²) >= 11 is 5.81. The van der Waals surface area contributed by atoms with Crippen molar-refractivity contribution in [1.82, 2.24) is 4.57 Å². The third-order valence-corrected chi connectivity index (χ3v) is 2.72. The van der Waals surface area contributed by atoms with Gasteiger partial charge in [0.05, 0.1) is 17.1 Å². The number of hydrogen-bond acceptors (Lipinski definition) is 2. The lowest BCUT2D eigenvalue weighted by atomic mass is 10.1. The molecule has 2 aromatic rings. The van der Waals surface area contributed by atoms with E-state index in [9.17, 15) is 9.59 Å². The van der Waals surface area contributed by atoms with E-state index in [4.69, 9.17) is 16.7 Å². The van der Waals surface area contributed by atoms with Gasteiger partial charge in [0.1, 0.15) is 0 Å². The second-order valence-electron chi connectivity index (χ2n) is 3.82. The molecule has 0 amide bonds. The Bertz CT molecular complexity index is 631. The molecule has 0 spiro atoms. The third kappa shape index (κ3) is 2.78. The minimum absolute atomic E-state index is 0.151. The molecule has 0 saturated heterocycles. The second-order valence-corrected chi connectivity index (χ2v) is 4.25. The van der Waals surface area contributed by atoms with Crippen molar-refractivity contribution >= 4 is 17.6 Å². The molecule has 0 unspecified atom stereocenters. The second kappa shape index (κ2) is 5.06. The summed E-state index contributed by atoms with van der Waals surface area (Å²) in [6.07, 6.45) is 1.55. The Morgan fingerprint density at radius 2 is 1.83 bits per heavy atom. The maximum absolute atomic E-state index is 11.6. The molecule has 1 aromatic heterocycles. The molecule has 2 rings (SSSR count). The molecular weight excluding hydrogens is 254 g/mol. The van der Waals surface area contributed by atoms with E-state index in [1.807, 2.05) is 0 Å². The lowest BCUT2D eigenvalue weighted by Crippen LogP contribution is -2.18. The minimum Gasteiger partial charge on any atom is -0.478 e. The number of pyridine rings is 1. The monoisotopic (exact) mass is 263 g/mol. The fourth-order valence-electron chi connectivity index (χ4n) is 1.58. The van der Waals surface area contributed by atoms with Gasteiger partial charge in [-0.25, -0.2) is 4.79 Å². The molecule has 0 aliphatic rings. The molecule has 1 heterocycles. The van der Waals surface area contributed by atoms with E-state index in [-0.39, 0.29) is 11.1 Å². The average molecular weight is 264 g/mol. The van der Waals surface area contributed by atoms with Gasteiger partial charge in [-0.2, -0.15) is 0 Å². The van der Waals surface area contributed by atoms with Gasteiger partial charge < -0.3 is 9.67 Å². The summed E-state index contributed by atoms with van der Waals surface area (Å²) in [5.74, 6) is -0.971. The Balaban J connectivity index is 2.26. The smallest absolute Gasteiger partial charge is 0.335 e. The molecule has 0 fully saturated rings.